The van der Waals surface area contributed by atoms with Crippen molar-refractivity contribution in [1.29, 1.82) is 0 Å². The van der Waals surface area contributed by atoms with Crippen molar-refractivity contribution < 1.29 is 9.53 Å². The van der Waals surface area contributed by atoms with E-state index in [0.717, 1.165) is 31.1 Å². The Morgan fingerprint density at radius 1 is 0.800 bits per heavy atom. The molecule has 0 spiro atoms. The van der Waals surface area contributed by atoms with Crippen LogP contribution in [0.4, 0.5) is 17.1 Å². The topological polar surface area (TPSA) is 50.4 Å². The second-order valence-electron chi connectivity index (χ2n) is 6.65. The van der Waals surface area contributed by atoms with E-state index in [0.29, 0.717) is 11.4 Å². The highest BCUT2D eigenvalue weighted by Crippen LogP contribution is 2.34. The Bertz CT molecular complexity index is 1180. The van der Waals surface area contributed by atoms with Gasteiger partial charge in [-0.15, -0.1) is 0 Å². The highest BCUT2D eigenvalue weighted by molar-refractivity contribution is 9.11. The van der Waals surface area contributed by atoms with Gasteiger partial charge >= 0.3 is 0 Å². The van der Waals surface area contributed by atoms with Gasteiger partial charge in [0.05, 0.1) is 4.47 Å². The van der Waals surface area contributed by atoms with Crippen LogP contribution in [-0.2, 0) is 4.79 Å². The molecule has 1 amide bonds. The fraction of sp³-hybridized carbons (Fsp3) is 0.0417. The lowest BCUT2D eigenvalue weighted by Crippen LogP contribution is -2.20. The molecule has 0 aliphatic rings. The molecule has 0 unspecified atom stereocenters. The monoisotopic (exact) mass is 524 g/mol. The first-order valence-corrected chi connectivity index (χ1v) is 10.9. The summed E-state index contributed by atoms with van der Waals surface area (Å²) in [4.78, 5) is 12.3. The summed E-state index contributed by atoms with van der Waals surface area (Å²) in [6, 6.07) is 27.3. The summed E-state index contributed by atoms with van der Waals surface area (Å²) in [5.74, 6) is 0.406. The van der Waals surface area contributed by atoms with E-state index in [1.807, 2.05) is 84.9 Å². The van der Waals surface area contributed by atoms with Gasteiger partial charge in [0.1, 0.15) is 5.75 Å². The fourth-order valence-corrected chi connectivity index (χ4v) is 4.01. The highest BCUT2D eigenvalue weighted by Gasteiger charge is 2.09. The zero-order valence-corrected chi connectivity index (χ0v) is 19.0. The zero-order chi connectivity index (χ0) is 20.9. The molecule has 4 aromatic carbocycles. The molecule has 0 aliphatic heterocycles. The molecule has 0 saturated heterocycles. The summed E-state index contributed by atoms with van der Waals surface area (Å²) in [6.07, 6.45) is 0. The molecule has 0 bridgehead atoms. The van der Waals surface area contributed by atoms with Gasteiger partial charge in [-0.25, -0.2) is 0 Å². The number of ether oxygens (including phenoxy) is 1. The third-order valence-corrected chi connectivity index (χ3v) is 5.78. The van der Waals surface area contributed by atoms with Crippen molar-refractivity contribution >= 4 is 65.6 Å². The van der Waals surface area contributed by atoms with Crippen molar-refractivity contribution in [1.82, 2.24) is 0 Å². The summed E-state index contributed by atoms with van der Waals surface area (Å²) in [7, 11) is 0. The van der Waals surface area contributed by atoms with E-state index < -0.39 is 0 Å². The van der Waals surface area contributed by atoms with Crippen molar-refractivity contribution in [2.24, 2.45) is 0 Å². The Hall–Kier alpha value is -2.83. The molecule has 0 aromatic heterocycles. The molecule has 0 heterocycles. The van der Waals surface area contributed by atoms with E-state index in [9.17, 15) is 4.79 Å². The first kappa shape index (κ1) is 20.4. The third kappa shape index (κ3) is 5.01. The quantitative estimate of drug-likeness (QED) is 0.281. The minimum absolute atomic E-state index is 0.0787. The lowest BCUT2D eigenvalue weighted by molar-refractivity contribution is -0.118. The number of carbonyl (C=O) groups is 1. The number of halogens is 2. The van der Waals surface area contributed by atoms with Crippen LogP contribution in [0.1, 0.15) is 0 Å². The summed E-state index contributed by atoms with van der Waals surface area (Å²) < 4.78 is 7.57. The van der Waals surface area contributed by atoms with Crippen molar-refractivity contribution in [3.8, 4) is 5.75 Å². The molecule has 30 heavy (non-hydrogen) atoms. The second kappa shape index (κ2) is 9.32. The number of hydrogen-bond donors (Lipinski definition) is 2. The first-order chi connectivity index (χ1) is 14.6. The molecule has 4 aromatic rings. The minimum atomic E-state index is -0.221. The van der Waals surface area contributed by atoms with Crippen LogP contribution in [-0.4, -0.2) is 12.5 Å². The van der Waals surface area contributed by atoms with Crippen molar-refractivity contribution in [3.63, 3.8) is 0 Å². The zero-order valence-electron chi connectivity index (χ0n) is 15.9. The van der Waals surface area contributed by atoms with Gasteiger partial charge in [0, 0.05) is 21.5 Å². The molecule has 0 atom stereocenters. The average Bonchev–Trinajstić information content (AvgIpc) is 2.75. The number of fused-ring (bicyclic) bond motifs is 1. The Balaban J connectivity index is 1.35. The first-order valence-electron chi connectivity index (χ1n) is 9.31. The van der Waals surface area contributed by atoms with Gasteiger partial charge in [0.2, 0.25) is 0 Å². The van der Waals surface area contributed by atoms with Crippen molar-refractivity contribution in [2.45, 2.75) is 0 Å². The smallest absolute Gasteiger partial charge is 0.262 e. The lowest BCUT2D eigenvalue weighted by Gasteiger charge is -2.11. The SMILES string of the molecule is O=C(COc1ccc2cc(Br)ccc2c1Br)Nc1ccc(Nc2ccccc2)cc1. The molecule has 150 valence electrons. The summed E-state index contributed by atoms with van der Waals surface area (Å²) in [5, 5.41) is 8.27. The number of rotatable bonds is 6. The number of para-hydroxylation sites is 1. The van der Waals surface area contributed by atoms with Crippen LogP contribution in [0.5, 0.6) is 5.75 Å². The average molecular weight is 526 g/mol. The van der Waals surface area contributed by atoms with E-state index in [1.54, 1.807) is 0 Å². The van der Waals surface area contributed by atoms with Gasteiger partial charge < -0.3 is 15.4 Å². The number of nitrogens with one attached hydrogen (secondary N) is 2. The van der Waals surface area contributed by atoms with E-state index in [-0.39, 0.29) is 12.5 Å². The maximum Gasteiger partial charge on any atom is 0.262 e. The van der Waals surface area contributed by atoms with E-state index >= 15 is 0 Å². The van der Waals surface area contributed by atoms with Crippen LogP contribution < -0.4 is 15.4 Å². The number of benzene rings is 4. The summed E-state index contributed by atoms with van der Waals surface area (Å²) in [5.41, 5.74) is 2.67. The lowest BCUT2D eigenvalue weighted by atomic mass is 10.1. The summed E-state index contributed by atoms with van der Waals surface area (Å²) in [6.45, 7) is -0.0787. The van der Waals surface area contributed by atoms with Crippen LogP contribution in [0.2, 0.25) is 0 Å². The molecule has 0 aliphatic carbocycles. The standard InChI is InChI=1S/C24H18Br2N2O2/c25-17-7-12-21-16(14-17)6-13-22(24(21)26)30-15-23(29)28-20-10-8-19(9-11-20)27-18-4-2-1-3-5-18/h1-14,27H,15H2,(H,28,29). The molecule has 4 nitrogen and oxygen atoms in total. The number of amides is 1. The van der Waals surface area contributed by atoms with Crippen LogP contribution in [0.15, 0.2) is 93.9 Å². The predicted molar refractivity (Wildman–Crippen MR) is 130 cm³/mol. The third-order valence-electron chi connectivity index (χ3n) is 4.47. The number of hydrogen-bond acceptors (Lipinski definition) is 3. The summed E-state index contributed by atoms with van der Waals surface area (Å²) >= 11 is 7.05. The minimum Gasteiger partial charge on any atom is -0.483 e. The van der Waals surface area contributed by atoms with Crippen LogP contribution in [0.25, 0.3) is 10.8 Å². The van der Waals surface area contributed by atoms with Crippen LogP contribution >= 0.6 is 31.9 Å². The molecule has 0 saturated carbocycles. The maximum absolute atomic E-state index is 12.3. The van der Waals surface area contributed by atoms with Crippen molar-refractivity contribution in [2.75, 3.05) is 17.2 Å². The fourth-order valence-electron chi connectivity index (χ4n) is 3.02. The van der Waals surface area contributed by atoms with E-state index in [2.05, 4.69) is 42.5 Å². The molecule has 0 fully saturated rings. The van der Waals surface area contributed by atoms with Gasteiger partial charge in [-0.2, -0.15) is 0 Å². The van der Waals surface area contributed by atoms with Gasteiger partial charge in [-0.1, -0.05) is 46.3 Å². The van der Waals surface area contributed by atoms with Gasteiger partial charge in [0.25, 0.3) is 5.91 Å². The van der Waals surface area contributed by atoms with Crippen LogP contribution in [0, 0.1) is 0 Å². The molecule has 6 heteroatoms. The maximum atomic E-state index is 12.3. The highest BCUT2D eigenvalue weighted by atomic mass is 79.9. The predicted octanol–water partition coefficient (Wildman–Crippen LogP) is 7.13. The molecule has 0 radical (unpaired) electrons. The molecule has 4 rings (SSSR count). The van der Waals surface area contributed by atoms with Gasteiger partial charge in [-0.3, -0.25) is 4.79 Å². The second-order valence-corrected chi connectivity index (χ2v) is 8.36. The Morgan fingerprint density at radius 2 is 1.50 bits per heavy atom. The molecular weight excluding hydrogens is 508 g/mol. The van der Waals surface area contributed by atoms with Gasteiger partial charge in [-0.05, 0) is 81.3 Å². The normalized spacial score (nSPS) is 10.6. The van der Waals surface area contributed by atoms with Crippen LogP contribution in [0.3, 0.4) is 0 Å². The molecule has 2 N–H and O–H groups in total. The Labute approximate surface area is 191 Å². The number of anilines is 3. The molecular formula is C24H18Br2N2O2. The number of carbonyl (C=O) groups excluding carboxylic acids is 1. The van der Waals surface area contributed by atoms with E-state index in [1.165, 1.54) is 0 Å². The van der Waals surface area contributed by atoms with Gasteiger partial charge in [0.15, 0.2) is 6.61 Å². The Kier molecular flexibility index (Phi) is 6.35. The Morgan fingerprint density at radius 3 is 2.27 bits per heavy atom. The largest absolute Gasteiger partial charge is 0.483 e. The van der Waals surface area contributed by atoms with Crippen molar-refractivity contribution in [3.05, 3.63) is 93.9 Å². The van der Waals surface area contributed by atoms with E-state index in [4.69, 9.17) is 4.74 Å².